The highest BCUT2D eigenvalue weighted by molar-refractivity contribution is 7.91. The summed E-state index contributed by atoms with van der Waals surface area (Å²) in [5.74, 6) is -2.08. The lowest BCUT2D eigenvalue weighted by Gasteiger charge is -2.10. The van der Waals surface area contributed by atoms with Crippen LogP contribution in [0.25, 0.3) is 0 Å². The number of hydrogen-bond acceptors (Lipinski definition) is 4. The van der Waals surface area contributed by atoms with Gasteiger partial charge in [-0.05, 0) is 32.0 Å². The van der Waals surface area contributed by atoms with Crippen molar-refractivity contribution in [2.45, 2.75) is 31.2 Å². The number of carboxylic acids is 1. The van der Waals surface area contributed by atoms with Crippen LogP contribution in [0.1, 0.15) is 30.6 Å². The van der Waals surface area contributed by atoms with Gasteiger partial charge in [-0.2, -0.15) is 0 Å². The van der Waals surface area contributed by atoms with Crippen molar-refractivity contribution < 1.29 is 23.1 Å². The van der Waals surface area contributed by atoms with Gasteiger partial charge >= 0.3 is 5.97 Å². The van der Waals surface area contributed by atoms with Crippen LogP contribution in [-0.2, 0) is 14.6 Å². The van der Waals surface area contributed by atoms with Gasteiger partial charge in [0.15, 0.2) is 9.84 Å². The fourth-order valence-electron chi connectivity index (χ4n) is 1.61. The minimum absolute atomic E-state index is 0.0655. The number of sulfone groups is 1. The molecule has 0 radical (unpaired) electrons. The van der Waals surface area contributed by atoms with E-state index < -0.39 is 21.6 Å². The summed E-state index contributed by atoms with van der Waals surface area (Å²) in [4.78, 5) is 22.1. The average molecular weight is 334 g/mol. The molecule has 2 N–H and O–H groups in total. The third kappa shape index (κ3) is 5.02. The number of rotatable bonds is 6. The zero-order valence-corrected chi connectivity index (χ0v) is 13.2. The van der Waals surface area contributed by atoms with Gasteiger partial charge in [-0.3, -0.25) is 4.79 Å². The van der Waals surface area contributed by atoms with E-state index >= 15 is 0 Å². The van der Waals surface area contributed by atoms with Gasteiger partial charge in [0.25, 0.3) is 0 Å². The molecule has 8 heteroatoms. The standard InChI is InChI=1S/C13H16ClNO5S/c1-8(2)15-12(16)5-6-21(19,20)11-7-9(13(17)18)3-4-10(11)14/h3-4,7-8H,5-6H2,1-2H3,(H,15,16)(H,17,18). The van der Waals surface area contributed by atoms with Crippen molar-refractivity contribution >= 4 is 33.3 Å². The largest absolute Gasteiger partial charge is 0.478 e. The maximum atomic E-state index is 12.2. The lowest BCUT2D eigenvalue weighted by molar-refractivity contribution is -0.121. The Hall–Kier alpha value is -1.60. The first-order valence-electron chi connectivity index (χ1n) is 6.18. The smallest absolute Gasteiger partial charge is 0.335 e. The molecule has 1 aromatic rings. The van der Waals surface area contributed by atoms with Crippen molar-refractivity contribution in [1.29, 1.82) is 0 Å². The molecule has 0 atom stereocenters. The van der Waals surface area contributed by atoms with Crippen LogP contribution in [0.3, 0.4) is 0 Å². The molecule has 0 aliphatic rings. The lowest BCUT2D eigenvalue weighted by atomic mass is 10.2. The van der Waals surface area contributed by atoms with E-state index in [1.54, 1.807) is 13.8 Å². The van der Waals surface area contributed by atoms with Gasteiger partial charge in [0, 0.05) is 12.5 Å². The molecule has 0 fully saturated rings. The van der Waals surface area contributed by atoms with Gasteiger partial charge in [-0.25, -0.2) is 13.2 Å². The molecule has 6 nitrogen and oxygen atoms in total. The molecule has 1 amide bonds. The number of carbonyl (C=O) groups is 2. The monoisotopic (exact) mass is 333 g/mol. The van der Waals surface area contributed by atoms with Gasteiger partial charge in [0.05, 0.1) is 21.2 Å². The molecule has 0 saturated carbocycles. The number of benzene rings is 1. The van der Waals surface area contributed by atoms with E-state index in [4.69, 9.17) is 16.7 Å². The molecule has 0 aliphatic carbocycles. The van der Waals surface area contributed by atoms with Crippen molar-refractivity contribution in [3.8, 4) is 0 Å². The van der Waals surface area contributed by atoms with Crippen LogP contribution >= 0.6 is 11.6 Å². The number of hydrogen-bond donors (Lipinski definition) is 2. The molecule has 1 rings (SSSR count). The summed E-state index contributed by atoms with van der Waals surface area (Å²) in [5.41, 5.74) is -0.176. The Labute approximate surface area is 128 Å². The summed E-state index contributed by atoms with van der Waals surface area (Å²) >= 11 is 5.81. The van der Waals surface area contributed by atoms with Gasteiger partial charge in [0.2, 0.25) is 5.91 Å². The van der Waals surface area contributed by atoms with E-state index in [2.05, 4.69) is 5.32 Å². The van der Waals surface area contributed by atoms with Crippen LogP contribution in [-0.4, -0.2) is 37.2 Å². The molecule has 1 aromatic carbocycles. The Balaban J connectivity index is 2.95. The van der Waals surface area contributed by atoms with Crippen LogP contribution in [0.2, 0.25) is 5.02 Å². The summed E-state index contributed by atoms with van der Waals surface area (Å²) in [5, 5.41) is 11.4. The lowest BCUT2D eigenvalue weighted by Crippen LogP contribution is -2.31. The topological polar surface area (TPSA) is 101 Å². The van der Waals surface area contributed by atoms with Crippen molar-refractivity contribution in [1.82, 2.24) is 5.32 Å². The van der Waals surface area contributed by atoms with Gasteiger partial charge < -0.3 is 10.4 Å². The molecule has 0 spiro atoms. The molecule has 0 aliphatic heterocycles. The predicted octanol–water partition coefficient (Wildman–Crippen LogP) is 1.73. The second-order valence-electron chi connectivity index (χ2n) is 4.74. The summed E-state index contributed by atoms with van der Waals surface area (Å²) in [6, 6.07) is 3.35. The van der Waals surface area contributed by atoms with Gasteiger partial charge in [-0.15, -0.1) is 0 Å². The van der Waals surface area contributed by atoms with Crippen LogP contribution in [0, 0.1) is 0 Å². The van der Waals surface area contributed by atoms with E-state index in [9.17, 15) is 18.0 Å². The van der Waals surface area contributed by atoms with E-state index in [1.165, 1.54) is 12.1 Å². The minimum Gasteiger partial charge on any atom is -0.478 e. The molecule has 21 heavy (non-hydrogen) atoms. The normalized spacial score (nSPS) is 11.4. The molecule has 0 bridgehead atoms. The summed E-state index contributed by atoms with van der Waals surface area (Å²) in [7, 11) is -3.83. The first kappa shape index (κ1) is 17.5. The van der Waals surface area contributed by atoms with E-state index in [-0.39, 0.29) is 33.9 Å². The first-order chi connectivity index (χ1) is 9.63. The maximum absolute atomic E-state index is 12.2. The summed E-state index contributed by atoms with van der Waals surface area (Å²) in [6.07, 6.45) is -0.214. The quantitative estimate of drug-likeness (QED) is 0.825. The Morgan fingerprint density at radius 3 is 2.48 bits per heavy atom. The molecule has 0 aromatic heterocycles. The fourth-order valence-corrected chi connectivity index (χ4v) is 3.42. The molecule has 0 unspecified atom stereocenters. The Morgan fingerprint density at radius 1 is 1.33 bits per heavy atom. The maximum Gasteiger partial charge on any atom is 0.335 e. The predicted molar refractivity (Wildman–Crippen MR) is 78.4 cm³/mol. The fraction of sp³-hybridized carbons (Fsp3) is 0.385. The zero-order chi connectivity index (χ0) is 16.2. The highest BCUT2D eigenvalue weighted by atomic mass is 35.5. The van der Waals surface area contributed by atoms with Crippen molar-refractivity contribution in [2.24, 2.45) is 0 Å². The van der Waals surface area contributed by atoms with E-state index in [1.807, 2.05) is 0 Å². The summed E-state index contributed by atoms with van der Waals surface area (Å²) < 4.78 is 24.3. The Morgan fingerprint density at radius 2 is 1.95 bits per heavy atom. The molecule has 0 heterocycles. The minimum atomic E-state index is -3.83. The van der Waals surface area contributed by atoms with Crippen LogP contribution in [0.15, 0.2) is 23.1 Å². The molecule has 116 valence electrons. The third-order valence-corrected chi connectivity index (χ3v) is 4.75. The number of carboxylic acid groups (broad SMARTS) is 1. The Bertz CT molecular complexity index is 655. The third-order valence-electron chi connectivity index (χ3n) is 2.56. The van der Waals surface area contributed by atoms with Crippen LogP contribution in [0.4, 0.5) is 0 Å². The van der Waals surface area contributed by atoms with E-state index in [0.717, 1.165) is 6.07 Å². The van der Waals surface area contributed by atoms with Crippen molar-refractivity contribution in [2.75, 3.05) is 5.75 Å². The zero-order valence-electron chi connectivity index (χ0n) is 11.6. The van der Waals surface area contributed by atoms with E-state index in [0.29, 0.717) is 0 Å². The second kappa shape index (κ2) is 6.91. The number of aromatic carboxylic acids is 1. The number of carbonyl (C=O) groups excluding carboxylic acids is 1. The highest BCUT2D eigenvalue weighted by Crippen LogP contribution is 2.24. The second-order valence-corrected chi connectivity index (χ2v) is 7.23. The van der Waals surface area contributed by atoms with Crippen LogP contribution < -0.4 is 5.32 Å². The average Bonchev–Trinajstić information content (AvgIpc) is 2.35. The first-order valence-corrected chi connectivity index (χ1v) is 8.21. The molecular formula is C13H16ClNO5S. The number of amides is 1. The van der Waals surface area contributed by atoms with Gasteiger partial charge in [-0.1, -0.05) is 11.6 Å². The Kier molecular flexibility index (Phi) is 5.74. The molecular weight excluding hydrogens is 318 g/mol. The van der Waals surface area contributed by atoms with Crippen molar-refractivity contribution in [3.63, 3.8) is 0 Å². The SMILES string of the molecule is CC(C)NC(=O)CCS(=O)(=O)c1cc(C(=O)O)ccc1Cl. The van der Waals surface area contributed by atoms with Crippen LogP contribution in [0.5, 0.6) is 0 Å². The highest BCUT2D eigenvalue weighted by Gasteiger charge is 2.21. The summed E-state index contributed by atoms with van der Waals surface area (Å²) in [6.45, 7) is 3.53. The number of nitrogens with one attached hydrogen (secondary N) is 1. The van der Waals surface area contributed by atoms with Crippen molar-refractivity contribution in [3.05, 3.63) is 28.8 Å². The van der Waals surface area contributed by atoms with Gasteiger partial charge in [0.1, 0.15) is 0 Å². The molecule has 0 saturated heterocycles. The number of halogens is 1.